The van der Waals surface area contributed by atoms with Crippen molar-refractivity contribution < 1.29 is 9.53 Å². The third-order valence-electron chi connectivity index (χ3n) is 2.96. The maximum atomic E-state index is 11.6. The zero-order valence-electron chi connectivity index (χ0n) is 11.6. The standard InChI is InChI=1S/C14H21ClN2O2/c1-10(16-2)9-17-14(18)7-5-11-4-6-13(19-3)12(15)8-11/h4,6,8,10,16H,5,7,9H2,1-3H3,(H,17,18). The van der Waals surface area contributed by atoms with Gasteiger partial charge < -0.3 is 15.4 Å². The molecule has 2 N–H and O–H groups in total. The summed E-state index contributed by atoms with van der Waals surface area (Å²) in [5.74, 6) is 0.701. The van der Waals surface area contributed by atoms with Gasteiger partial charge in [-0.15, -0.1) is 0 Å². The van der Waals surface area contributed by atoms with Crippen molar-refractivity contribution in [2.75, 3.05) is 20.7 Å². The Morgan fingerprint density at radius 3 is 2.79 bits per heavy atom. The quantitative estimate of drug-likeness (QED) is 0.805. The lowest BCUT2D eigenvalue weighted by Gasteiger charge is -2.11. The van der Waals surface area contributed by atoms with Gasteiger partial charge in [0.15, 0.2) is 0 Å². The first-order valence-electron chi connectivity index (χ1n) is 6.33. The zero-order chi connectivity index (χ0) is 14.3. The van der Waals surface area contributed by atoms with E-state index in [0.717, 1.165) is 5.56 Å². The van der Waals surface area contributed by atoms with Crippen molar-refractivity contribution in [2.24, 2.45) is 0 Å². The minimum Gasteiger partial charge on any atom is -0.495 e. The van der Waals surface area contributed by atoms with Gasteiger partial charge in [0.1, 0.15) is 5.75 Å². The van der Waals surface area contributed by atoms with E-state index in [9.17, 15) is 4.79 Å². The maximum Gasteiger partial charge on any atom is 0.220 e. The maximum absolute atomic E-state index is 11.6. The number of carbonyl (C=O) groups is 1. The number of rotatable bonds is 7. The molecule has 1 aromatic rings. The van der Waals surface area contributed by atoms with Gasteiger partial charge in [0.05, 0.1) is 12.1 Å². The zero-order valence-corrected chi connectivity index (χ0v) is 12.4. The fourth-order valence-electron chi connectivity index (χ4n) is 1.58. The van der Waals surface area contributed by atoms with Gasteiger partial charge in [0.25, 0.3) is 0 Å². The molecule has 1 atom stereocenters. The van der Waals surface area contributed by atoms with E-state index in [2.05, 4.69) is 10.6 Å². The summed E-state index contributed by atoms with van der Waals surface area (Å²) in [5, 5.41) is 6.52. The van der Waals surface area contributed by atoms with E-state index in [1.165, 1.54) is 0 Å². The number of amides is 1. The van der Waals surface area contributed by atoms with Crippen LogP contribution < -0.4 is 15.4 Å². The van der Waals surface area contributed by atoms with Gasteiger partial charge in [0.2, 0.25) is 5.91 Å². The van der Waals surface area contributed by atoms with Crippen molar-refractivity contribution in [2.45, 2.75) is 25.8 Å². The number of benzene rings is 1. The molecule has 4 nitrogen and oxygen atoms in total. The predicted molar refractivity (Wildman–Crippen MR) is 77.9 cm³/mol. The Morgan fingerprint density at radius 2 is 2.21 bits per heavy atom. The van der Waals surface area contributed by atoms with E-state index < -0.39 is 0 Å². The number of likely N-dealkylation sites (N-methyl/N-ethyl adjacent to an activating group) is 1. The Balaban J connectivity index is 2.40. The van der Waals surface area contributed by atoms with E-state index in [4.69, 9.17) is 16.3 Å². The molecule has 1 unspecified atom stereocenters. The lowest BCUT2D eigenvalue weighted by atomic mass is 10.1. The molecule has 0 spiro atoms. The van der Waals surface area contributed by atoms with Crippen molar-refractivity contribution in [3.63, 3.8) is 0 Å². The Kier molecular flexibility index (Phi) is 6.67. The average Bonchev–Trinajstić information content (AvgIpc) is 2.42. The molecular weight excluding hydrogens is 264 g/mol. The summed E-state index contributed by atoms with van der Waals surface area (Å²) in [4.78, 5) is 11.6. The number of halogens is 1. The van der Waals surface area contributed by atoms with Gasteiger partial charge in [-0.25, -0.2) is 0 Å². The predicted octanol–water partition coefficient (Wildman–Crippen LogP) is 2.01. The van der Waals surface area contributed by atoms with Crippen LogP contribution in [0.2, 0.25) is 5.02 Å². The molecule has 0 radical (unpaired) electrons. The van der Waals surface area contributed by atoms with Gasteiger partial charge in [-0.3, -0.25) is 4.79 Å². The molecule has 106 valence electrons. The minimum absolute atomic E-state index is 0.0500. The van der Waals surface area contributed by atoms with Crippen LogP contribution in [0.25, 0.3) is 0 Å². The molecule has 0 bridgehead atoms. The summed E-state index contributed by atoms with van der Waals surface area (Å²) < 4.78 is 5.08. The van der Waals surface area contributed by atoms with E-state index in [0.29, 0.717) is 30.2 Å². The molecule has 0 aliphatic carbocycles. The Bertz CT molecular complexity index is 424. The number of nitrogens with one attached hydrogen (secondary N) is 2. The highest BCUT2D eigenvalue weighted by atomic mass is 35.5. The Labute approximate surface area is 119 Å². The number of methoxy groups -OCH3 is 1. The van der Waals surface area contributed by atoms with Gasteiger partial charge in [-0.2, -0.15) is 0 Å². The SMILES string of the molecule is CNC(C)CNC(=O)CCc1ccc(OC)c(Cl)c1. The normalized spacial score (nSPS) is 12.0. The fourth-order valence-corrected chi connectivity index (χ4v) is 1.86. The van der Waals surface area contributed by atoms with Crippen molar-refractivity contribution >= 4 is 17.5 Å². The van der Waals surface area contributed by atoms with Crippen LogP contribution in [0.5, 0.6) is 5.75 Å². The Hall–Kier alpha value is -1.26. The number of hydrogen-bond acceptors (Lipinski definition) is 3. The number of aryl methyl sites for hydroxylation is 1. The lowest BCUT2D eigenvalue weighted by Crippen LogP contribution is -2.37. The molecule has 0 saturated heterocycles. The number of hydrogen-bond donors (Lipinski definition) is 2. The second-order valence-electron chi connectivity index (χ2n) is 4.46. The van der Waals surface area contributed by atoms with E-state index >= 15 is 0 Å². The molecule has 0 aromatic heterocycles. The lowest BCUT2D eigenvalue weighted by molar-refractivity contribution is -0.121. The molecule has 0 heterocycles. The number of ether oxygens (including phenoxy) is 1. The van der Waals surface area contributed by atoms with Crippen LogP contribution >= 0.6 is 11.6 Å². The van der Waals surface area contributed by atoms with Crippen molar-refractivity contribution in [3.05, 3.63) is 28.8 Å². The van der Waals surface area contributed by atoms with E-state index in [1.807, 2.05) is 32.2 Å². The highest BCUT2D eigenvalue weighted by Gasteiger charge is 2.06. The average molecular weight is 285 g/mol. The largest absolute Gasteiger partial charge is 0.495 e. The summed E-state index contributed by atoms with van der Waals surface area (Å²) in [6.07, 6.45) is 1.13. The second-order valence-corrected chi connectivity index (χ2v) is 4.87. The summed E-state index contributed by atoms with van der Waals surface area (Å²) >= 11 is 6.03. The summed E-state index contributed by atoms with van der Waals surface area (Å²) in [5.41, 5.74) is 1.03. The number of carbonyl (C=O) groups excluding carboxylic acids is 1. The van der Waals surface area contributed by atoms with Gasteiger partial charge in [-0.1, -0.05) is 17.7 Å². The van der Waals surface area contributed by atoms with Crippen LogP contribution in [0.15, 0.2) is 18.2 Å². The topological polar surface area (TPSA) is 50.4 Å². The highest BCUT2D eigenvalue weighted by Crippen LogP contribution is 2.25. The summed E-state index contributed by atoms with van der Waals surface area (Å²) in [7, 11) is 3.45. The van der Waals surface area contributed by atoms with Crippen LogP contribution in [0.1, 0.15) is 18.9 Å². The van der Waals surface area contributed by atoms with Crippen molar-refractivity contribution in [1.29, 1.82) is 0 Å². The van der Waals surface area contributed by atoms with Crippen LogP contribution in [0.3, 0.4) is 0 Å². The van der Waals surface area contributed by atoms with Crippen LogP contribution in [-0.4, -0.2) is 32.7 Å². The molecule has 0 aliphatic rings. The molecule has 5 heteroatoms. The first kappa shape index (κ1) is 15.8. The minimum atomic E-state index is 0.0500. The molecule has 1 rings (SSSR count). The van der Waals surface area contributed by atoms with Crippen LogP contribution in [-0.2, 0) is 11.2 Å². The monoisotopic (exact) mass is 284 g/mol. The third-order valence-corrected chi connectivity index (χ3v) is 3.25. The van der Waals surface area contributed by atoms with Gasteiger partial charge >= 0.3 is 0 Å². The second kappa shape index (κ2) is 8.02. The molecule has 0 saturated carbocycles. The van der Waals surface area contributed by atoms with Crippen molar-refractivity contribution in [3.8, 4) is 5.75 Å². The molecule has 19 heavy (non-hydrogen) atoms. The smallest absolute Gasteiger partial charge is 0.220 e. The summed E-state index contributed by atoms with van der Waals surface area (Å²) in [6, 6.07) is 5.86. The molecule has 0 fully saturated rings. The highest BCUT2D eigenvalue weighted by molar-refractivity contribution is 6.32. The van der Waals surface area contributed by atoms with Crippen LogP contribution in [0, 0.1) is 0 Å². The van der Waals surface area contributed by atoms with E-state index in [-0.39, 0.29) is 11.9 Å². The Morgan fingerprint density at radius 1 is 1.47 bits per heavy atom. The van der Waals surface area contributed by atoms with Crippen molar-refractivity contribution in [1.82, 2.24) is 10.6 Å². The molecular formula is C14H21ClN2O2. The first-order valence-corrected chi connectivity index (χ1v) is 6.71. The summed E-state index contributed by atoms with van der Waals surface area (Å²) in [6.45, 7) is 2.65. The molecule has 1 aromatic carbocycles. The van der Waals surface area contributed by atoms with Gasteiger partial charge in [-0.05, 0) is 38.1 Å². The fraction of sp³-hybridized carbons (Fsp3) is 0.500. The van der Waals surface area contributed by atoms with E-state index in [1.54, 1.807) is 7.11 Å². The van der Waals surface area contributed by atoms with Gasteiger partial charge in [0, 0.05) is 19.0 Å². The molecule has 1 amide bonds. The first-order chi connectivity index (χ1) is 9.06. The third kappa shape index (κ3) is 5.49. The van der Waals surface area contributed by atoms with Crippen LogP contribution in [0.4, 0.5) is 0 Å². The molecule has 0 aliphatic heterocycles.